The van der Waals surface area contributed by atoms with Gasteiger partial charge in [0.2, 0.25) is 35.4 Å². The molecule has 68 heavy (non-hydrogen) atoms. The van der Waals surface area contributed by atoms with Crippen molar-refractivity contribution < 1.29 is 52.6 Å². The number of rotatable bonds is 27. The van der Waals surface area contributed by atoms with E-state index >= 15 is 4.39 Å². The summed E-state index contributed by atoms with van der Waals surface area (Å²) in [6, 6.07) is 9.39. The summed E-state index contributed by atoms with van der Waals surface area (Å²) >= 11 is 0. The molecule has 10 N–H and O–H groups in total. The van der Waals surface area contributed by atoms with Crippen LogP contribution < -0.4 is 37.6 Å². The van der Waals surface area contributed by atoms with Gasteiger partial charge >= 0.3 is 5.97 Å². The number of nitrogens with zero attached hydrogens (tertiary/aromatic N) is 2. The van der Waals surface area contributed by atoms with Crippen LogP contribution in [-0.4, -0.2) is 125 Å². The number of likely N-dealkylation sites (N-methyl/N-ethyl adjacent to an activating group) is 1. The van der Waals surface area contributed by atoms with Gasteiger partial charge in [-0.2, -0.15) is 0 Å². The zero-order valence-electron chi connectivity index (χ0n) is 40.2. The zero-order valence-corrected chi connectivity index (χ0v) is 40.2. The van der Waals surface area contributed by atoms with Crippen molar-refractivity contribution in [2.24, 2.45) is 17.1 Å². The van der Waals surface area contributed by atoms with Crippen molar-refractivity contribution in [3.63, 3.8) is 0 Å². The molecule has 0 saturated heterocycles. The van der Waals surface area contributed by atoms with Crippen molar-refractivity contribution in [3.8, 4) is 11.1 Å². The van der Waals surface area contributed by atoms with Crippen LogP contribution in [0.2, 0.25) is 0 Å². The molecule has 18 nitrogen and oxygen atoms in total. The normalized spacial score (nSPS) is 14.2. The van der Waals surface area contributed by atoms with Gasteiger partial charge in [-0.25, -0.2) is 8.78 Å². The number of primary amides is 1. The molecule has 3 aromatic rings. The first-order valence-electron chi connectivity index (χ1n) is 22.6. The molecule has 0 radical (unpaired) electrons. The highest BCUT2D eigenvalue weighted by atomic mass is 19.1. The predicted octanol–water partition coefficient (Wildman–Crippen LogP) is 2.33. The number of hydrogen-bond donors (Lipinski definition) is 9. The third kappa shape index (κ3) is 16.8. The highest BCUT2D eigenvalue weighted by Gasteiger charge is 2.38. The lowest BCUT2D eigenvalue weighted by atomic mass is 9.82. The Balaban J connectivity index is 2.01. The highest BCUT2D eigenvalue weighted by Crippen LogP contribution is 2.41. The van der Waals surface area contributed by atoms with Gasteiger partial charge in [0, 0.05) is 61.2 Å². The lowest BCUT2D eigenvalue weighted by molar-refractivity contribution is -0.140. The number of carboxylic acids is 1. The summed E-state index contributed by atoms with van der Waals surface area (Å²) in [6.45, 7) is 11.4. The Hall–Kier alpha value is -6.25. The van der Waals surface area contributed by atoms with Gasteiger partial charge < -0.3 is 57.3 Å². The number of hydrogen-bond acceptors (Lipinski definition) is 10. The fraction of sp³-hybridized carbons (Fsp3) is 0.521. The quantitative estimate of drug-likeness (QED) is 0.0501. The minimum atomic E-state index is -1.51. The van der Waals surface area contributed by atoms with E-state index in [2.05, 4.69) is 31.9 Å². The molecule has 374 valence electrons. The van der Waals surface area contributed by atoms with Crippen LogP contribution in [0.1, 0.15) is 91.4 Å². The van der Waals surface area contributed by atoms with E-state index in [-0.39, 0.29) is 63.5 Å². The van der Waals surface area contributed by atoms with Crippen molar-refractivity contribution in [2.45, 2.75) is 110 Å². The van der Waals surface area contributed by atoms with E-state index in [1.54, 1.807) is 16.8 Å². The standard InChI is InChI=1S/C48H69F2N9O9/c1-29(2)48(7,18-16-42(64)65)55-25-40(62)53-19-20-54-45(67)36(56-46(68)37(24-39(51)61)57-44(66)30(3)52-8)17-21-59(41(63)28-60)43(47(4,5)6)38-22-32(34-23-33(49)14-15-35(34)50)27-58(38)26-31-12-10-9-11-13-31/h9-15,22-23,27,29-30,36-37,43,52,55,60H,16-21,24-26,28H2,1-8H3,(H2,51,61)(H,53,62)(H,54,67)(H,56,68)(H,57,66)(H,64,65)/t30-,36-,37-,43-,48?/m0/s1. The van der Waals surface area contributed by atoms with E-state index in [9.17, 15) is 48.2 Å². The molecule has 0 aliphatic heterocycles. The number of aromatic nitrogens is 1. The number of aliphatic hydroxyl groups is 1. The number of nitrogens with one attached hydrogen (secondary N) is 6. The molecule has 6 amide bonds. The number of carbonyl (C=O) groups is 7. The second-order valence-corrected chi connectivity index (χ2v) is 18.5. The third-order valence-corrected chi connectivity index (χ3v) is 11.9. The van der Waals surface area contributed by atoms with Crippen LogP contribution in [0.5, 0.6) is 0 Å². The average Bonchev–Trinajstić information content (AvgIpc) is 3.68. The van der Waals surface area contributed by atoms with Crippen LogP contribution in [0.15, 0.2) is 60.8 Å². The number of aliphatic hydroxyl groups excluding tert-OH is 1. The number of carbonyl (C=O) groups excluding carboxylic acids is 6. The smallest absolute Gasteiger partial charge is 0.303 e. The Labute approximate surface area is 396 Å². The van der Waals surface area contributed by atoms with E-state index in [1.807, 2.05) is 71.9 Å². The van der Waals surface area contributed by atoms with Gasteiger partial charge in [0.05, 0.1) is 25.0 Å². The SMILES string of the molecule is CN[C@@H](C)C(=O)N[C@@H](CC(N)=O)C(=O)N[C@@H](CCN(C(=O)CO)[C@@H](c1cc(-c2cc(F)ccc2F)cn1Cc1ccccc1)C(C)(C)C)C(=O)NCCNC(=O)CNC(C)(CCC(=O)O)C(C)C. The van der Waals surface area contributed by atoms with Crippen molar-refractivity contribution in [3.05, 3.63) is 83.7 Å². The third-order valence-electron chi connectivity index (χ3n) is 11.9. The van der Waals surface area contributed by atoms with Gasteiger partial charge in [-0.1, -0.05) is 65.0 Å². The summed E-state index contributed by atoms with van der Waals surface area (Å²) in [5, 5.41) is 35.9. The molecule has 5 atom stereocenters. The van der Waals surface area contributed by atoms with E-state index < -0.39 is 101 Å². The molecule has 0 saturated carbocycles. The van der Waals surface area contributed by atoms with Crippen molar-refractivity contribution >= 4 is 41.4 Å². The number of aliphatic carboxylic acids is 1. The molecule has 3 rings (SSSR count). The second-order valence-electron chi connectivity index (χ2n) is 18.5. The van der Waals surface area contributed by atoms with Crippen molar-refractivity contribution in [2.75, 3.05) is 39.8 Å². The van der Waals surface area contributed by atoms with Gasteiger partial charge in [-0.3, -0.25) is 33.6 Å². The van der Waals surface area contributed by atoms with Crippen LogP contribution in [0.25, 0.3) is 11.1 Å². The van der Waals surface area contributed by atoms with Gasteiger partial charge in [-0.15, -0.1) is 0 Å². The number of carboxylic acid groups (broad SMARTS) is 1. The maximum absolute atomic E-state index is 15.3. The summed E-state index contributed by atoms with van der Waals surface area (Å²) in [6.07, 6.45) is 0.925. The molecule has 0 aliphatic rings. The molecule has 0 fully saturated rings. The Morgan fingerprint density at radius 3 is 2.09 bits per heavy atom. The van der Waals surface area contributed by atoms with Crippen LogP contribution in [-0.2, 0) is 40.1 Å². The Kier molecular flexibility index (Phi) is 21.2. The maximum atomic E-state index is 15.3. The predicted molar refractivity (Wildman–Crippen MR) is 251 cm³/mol. The lowest BCUT2D eigenvalue weighted by Crippen LogP contribution is -2.57. The van der Waals surface area contributed by atoms with Crippen molar-refractivity contribution in [1.82, 2.24) is 41.4 Å². The molecule has 2 aromatic carbocycles. The maximum Gasteiger partial charge on any atom is 0.303 e. The highest BCUT2D eigenvalue weighted by molar-refractivity contribution is 5.95. The number of halogens is 2. The molecule has 1 aromatic heterocycles. The Bertz CT molecular complexity index is 2220. The first kappa shape index (κ1) is 56.1. The minimum absolute atomic E-state index is 0.00647. The van der Waals surface area contributed by atoms with E-state index in [0.29, 0.717) is 11.3 Å². The van der Waals surface area contributed by atoms with Gasteiger partial charge in [0.25, 0.3) is 0 Å². The summed E-state index contributed by atoms with van der Waals surface area (Å²) < 4.78 is 31.7. The summed E-state index contributed by atoms with van der Waals surface area (Å²) in [4.78, 5) is 92.3. The number of nitrogens with two attached hydrogens (primary N) is 1. The topological polar surface area (TPSA) is 266 Å². The molecule has 1 heterocycles. The number of amides is 6. The van der Waals surface area contributed by atoms with Crippen molar-refractivity contribution in [1.29, 1.82) is 0 Å². The van der Waals surface area contributed by atoms with Crippen LogP contribution in [0.3, 0.4) is 0 Å². The van der Waals surface area contributed by atoms with E-state index in [0.717, 1.165) is 23.8 Å². The monoisotopic (exact) mass is 954 g/mol. The lowest BCUT2D eigenvalue weighted by Gasteiger charge is -2.41. The van der Waals surface area contributed by atoms with Gasteiger partial charge in [-0.05, 0) is 74.9 Å². The first-order valence-corrected chi connectivity index (χ1v) is 22.6. The average molecular weight is 954 g/mol. The summed E-state index contributed by atoms with van der Waals surface area (Å²) in [7, 11) is 1.52. The van der Waals surface area contributed by atoms with Crippen LogP contribution in [0, 0.1) is 23.0 Å². The summed E-state index contributed by atoms with van der Waals surface area (Å²) in [5.41, 5.74) is 5.59. The molecule has 1 unspecified atom stereocenters. The molecular weight excluding hydrogens is 885 g/mol. The first-order chi connectivity index (χ1) is 31.9. The fourth-order valence-electron chi connectivity index (χ4n) is 7.55. The fourth-order valence-corrected chi connectivity index (χ4v) is 7.55. The Morgan fingerprint density at radius 2 is 1.50 bits per heavy atom. The number of benzene rings is 2. The van der Waals surface area contributed by atoms with Crippen LogP contribution >= 0.6 is 0 Å². The molecule has 0 spiro atoms. The Morgan fingerprint density at radius 1 is 0.853 bits per heavy atom. The molecular formula is C48H69F2N9O9. The molecule has 0 aliphatic carbocycles. The molecule has 20 heteroatoms. The minimum Gasteiger partial charge on any atom is -0.481 e. The zero-order chi connectivity index (χ0) is 50.9. The molecule has 0 bridgehead atoms. The van der Waals surface area contributed by atoms with Crippen LogP contribution in [0.4, 0.5) is 8.78 Å². The second kappa shape index (κ2) is 25.8. The van der Waals surface area contributed by atoms with Gasteiger partial charge in [0.1, 0.15) is 30.3 Å². The largest absolute Gasteiger partial charge is 0.481 e. The van der Waals surface area contributed by atoms with Gasteiger partial charge in [0.15, 0.2) is 0 Å². The summed E-state index contributed by atoms with van der Waals surface area (Å²) in [5.74, 6) is -6.77. The van der Waals surface area contributed by atoms with E-state index in [1.165, 1.54) is 18.9 Å². The van der Waals surface area contributed by atoms with E-state index in [4.69, 9.17) is 5.73 Å².